The van der Waals surface area contributed by atoms with Crippen molar-refractivity contribution in [1.29, 1.82) is 0 Å². The number of hydrogen-bond acceptors (Lipinski definition) is 6. The van der Waals surface area contributed by atoms with Crippen LogP contribution in [0.4, 0.5) is 23.1 Å². The number of rotatable bonds is 6. The van der Waals surface area contributed by atoms with Gasteiger partial charge in [0.1, 0.15) is 17.3 Å². The molecule has 28 heavy (non-hydrogen) atoms. The highest BCUT2D eigenvalue weighted by Crippen LogP contribution is 2.32. The SMILES string of the molecule is COc1ccc(OC)c(Nc2cc(C)nc(Nc3c(C)cc(C)cc3Cl)n2)c1. The van der Waals surface area contributed by atoms with Gasteiger partial charge in [-0.1, -0.05) is 17.7 Å². The van der Waals surface area contributed by atoms with Crippen molar-refractivity contribution in [2.24, 2.45) is 0 Å². The lowest BCUT2D eigenvalue weighted by Gasteiger charge is -2.15. The van der Waals surface area contributed by atoms with Gasteiger partial charge in [-0.15, -0.1) is 0 Å². The van der Waals surface area contributed by atoms with E-state index in [2.05, 4.69) is 26.7 Å². The van der Waals surface area contributed by atoms with Gasteiger partial charge in [-0.3, -0.25) is 0 Å². The van der Waals surface area contributed by atoms with Crippen molar-refractivity contribution in [3.8, 4) is 11.5 Å². The molecule has 0 saturated carbocycles. The number of ether oxygens (including phenoxy) is 2. The fourth-order valence-electron chi connectivity index (χ4n) is 2.92. The molecular weight excluding hydrogens is 376 g/mol. The van der Waals surface area contributed by atoms with E-state index in [1.165, 1.54) is 0 Å². The average molecular weight is 399 g/mol. The first-order valence-corrected chi connectivity index (χ1v) is 9.16. The largest absolute Gasteiger partial charge is 0.497 e. The minimum atomic E-state index is 0.457. The van der Waals surface area contributed by atoms with Crippen LogP contribution in [0.5, 0.6) is 11.5 Å². The van der Waals surface area contributed by atoms with Crippen molar-refractivity contribution < 1.29 is 9.47 Å². The van der Waals surface area contributed by atoms with Crippen LogP contribution in [0.3, 0.4) is 0 Å². The van der Waals surface area contributed by atoms with Crippen LogP contribution < -0.4 is 20.1 Å². The number of benzene rings is 2. The molecule has 7 heteroatoms. The van der Waals surface area contributed by atoms with Gasteiger partial charge >= 0.3 is 0 Å². The summed E-state index contributed by atoms with van der Waals surface area (Å²) >= 11 is 6.40. The zero-order chi connectivity index (χ0) is 20.3. The van der Waals surface area contributed by atoms with Gasteiger partial charge in [0.2, 0.25) is 5.95 Å². The lowest BCUT2D eigenvalue weighted by molar-refractivity contribution is 0.405. The predicted octanol–water partition coefficient (Wildman–Crippen LogP) is 5.56. The van der Waals surface area contributed by atoms with E-state index in [0.717, 1.165) is 33.9 Å². The quantitative estimate of drug-likeness (QED) is 0.566. The summed E-state index contributed by atoms with van der Waals surface area (Å²) in [4.78, 5) is 9.05. The smallest absolute Gasteiger partial charge is 0.229 e. The molecule has 146 valence electrons. The van der Waals surface area contributed by atoms with E-state index in [0.29, 0.717) is 22.5 Å². The van der Waals surface area contributed by atoms with Gasteiger partial charge in [0.05, 0.1) is 30.6 Å². The topological polar surface area (TPSA) is 68.3 Å². The van der Waals surface area contributed by atoms with Crippen molar-refractivity contribution in [2.45, 2.75) is 20.8 Å². The van der Waals surface area contributed by atoms with Crippen LogP contribution in [0, 0.1) is 20.8 Å². The lowest BCUT2D eigenvalue weighted by Crippen LogP contribution is -2.04. The van der Waals surface area contributed by atoms with Crippen LogP contribution in [-0.2, 0) is 0 Å². The molecule has 0 aliphatic heterocycles. The van der Waals surface area contributed by atoms with Crippen LogP contribution in [0.25, 0.3) is 0 Å². The number of nitrogens with one attached hydrogen (secondary N) is 2. The Bertz CT molecular complexity index is 985. The summed E-state index contributed by atoms with van der Waals surface area (Å²) < 4.78 is 10.7. The molecule has 0 amide bonds. The van der Waals surface area contributed by atoms with Crippen molar-refractivity contribution in [2.75, 3.05) is 24.9 Å². The Kier molecular flexibility index (Phi) is 5.90. The van der Waals surface area contributed by atoms with E-state index in [4.69, 9.17) is 21.1 Å². The van der Waals surface area contributed by atoms with Gasteiger partial charge in [-0.25, -0.2) is 4.98 Å². The first-order chi connectivity index (χ1) is 13.4. The van der Waals surface area contributed by atoms with Crippen molar-refractivity contribution >= 4 is 34.7 Å². The third-order valence-electron chi connectivity index (χ3n) is 4.19. The zero-order valence-electron chi connectivity index (χ0n) is 16.6. The van der Waals surface area contributed by atoms with Gasteiger partial charge < -0.3 is 20.1 Å². The number of nitrogens with zero attached hydrogens (tertiary/aromatic N) is 2. The van der Waals surface area contributed by atoms with E-state index in [1.807, 2.05) is 51.1 Å². The fourth-order valence-corrected chi connectivity index (χ4v) is 3.29. The highest BCUT2D eigenvalue weighted by molar-refractivity contribution is 6.33. The number of aromatic nitrogens is 2. The van der Waals surface area contributed by atoms with Gasteiger partial charge in [0, 0.05) is 17.8 Å². The Morgan fingerprint density at radius 3 is 2.36 bits per heavy atom. The maximum absolute atomic E-state index is 6.40. The van der Waals surface area contributed by atoms with Crippen LogP contribution in [-0.4, -0.2) is 24.2 Å². The van der Waals surface area contributed by atoms with E-state index in [1.54, 1.807) is 14.2 Å². The first-order valence-electron chi connectivity index (χ1n) is 8.78. The summed E-state index contributed by atoms with van der Waals surface area (Å²) in [5.41, 5.74) is 4.48. The second kappa shape index (κ2) is 8.35. The van der Waals surface area contributed by atoms with E-state index >= 15 is 0 Å². The molecule has 0 aliphatic carbocycles. The predicted molar refractivity (Wildman–Crippen MR) is 114 cm³/mol. The standard InChI is InChI=1S/C21H23ClN4O2/c1-12-8-13(2)20(16(22)9-12)26-21-23-14(3)10-19(25-21)24-17-11-15(27-4)6-7-18(17)28-5/h6-11H,1-5H3,(H2,23,24,25,26). The maximum Gasteiger partial charge on any atom is 0.229 e. The Labute approximate surface area is 169 Å². The van der Waals surface area contributed by atoms with Gasteiger partial charge in [-0.2, -0.15) is 4.98 Å². The van der Waals surface area contributed by atoms with E-state index < -0.39 is 0 Å². The fraction of sp³-hybridized carbons (Fsp3) is 0.238. The lowest BCUT2D eigenvalue weighted by atomic mass is 10.1. The molecule has 1 aromatic heterocycles. The van der Waals surface area contributed by atoms with Crippen LogP contribution in [0.2, 0.25) is 5.02 Å². The monoisotopic (exact) mass is 398 g/mol. The molecule has 6 nitrogen and oxygen atoms in total. The molecule has 0 unspecified atom stereocenters. The minimum absolute atomic E-state index is 0.457. The molecule has 2 N–H and O–H groups in total. The molecule has 0 spiro atoms. The van der Waals surface area contributed by atoms with Gasteiger partial charge in [0.25, 0.3) is 0 Å². The molecule has 2 aromatic carbocycles. The van der Waals surface area contributed by atoms with Crippen molar-refractivity contribution in [3.05, 3.63) is 58.2 Å². The third-order valence-corrected chi connectivity index (χ3v) is 4.49. The summed E-state index contributed by atoms with van der Waals surface area (Å²) in [6.45, 7) is 5.91. The molecule has 0 saturated heterocycles. The highest BCUT2D eigenvalue weighted by atomic mass is 35.5. The second-order valence-corrected chi connectivity index (χ2v) is 6.88. The second-order valence-electron chi connectivity index (χ2n) is 6.47. The number of anilines is 4. The van der Waals surface area contributed by atoms with Crippen LogP contribution in [0.1, 0.15) is 16.8 Å². The zero-order valence-corrected chi connectivity index (χ0v) is 17.3. The maximum atomic E-state index is 6.40. The Hall–Kier alpha value is -2.99. The summed E-state index contributed by atoms with van der Waals surface area (Å²) in [5.74, 6) is 2.49. The molecule has 3 aromatic rings. The minimum Gasteiger partial charge on any atom is -0.497 e. The van der Waals surface area contributed by atoms with Crippen LogP contribution >= 0.6 is 11.6 Å². The molecule has 0 atom stereocenters. The summed E-state index contributed by atoms with van der Waals surface area (Å²) in [6, 6.07) is 11.4. The Morgan fingerprint density at radius 1 is 0.893 bits per heavy atom. The summed E-state index contributed by atoms with van der Waals surface area (Å²) in [5, 5.41) is 7.14. The molecular formula is C21H23ClN4O2. The summed E-state index contributed by atoms with van der Waals surface area (Å²) in [7, 11) is 3.24. The van der Waals surface area contributed by atoms with E-state index in [9.17, 15) is 0 Å². The number of aryl methyl sites for hydroxylation is 3. The number of halogens is 1. The first kappa shape index (κ1) is 19.8. The Balaban J connectivity index is 1.93. The van der Waals surface area contributed by atoms with E-state index in [-0.39, 0.29) is 0 Å². The number of hydrogen-bond donors (Lipinski definition) is 2. The molecule has 0 radical (unpaired) electrons. The molecule has 0 bridgehead atoms. The van der Waals surface area contributed by atoms with Crippen LogP contribution in [0.15, 0.2) is 36.4 Å². The van der Waals surface area contributed by atoms with Gasteiger partial charge in [-0.05, 0) is 50.1 Å². The number of methoxy groups -OCH3 is 2. The molecule has 3 rings (SSSR count). The van der Waals surface area contributed by atoms with Crippen molar-refractivity contribution in [3.63, 3.8) is 0 Å². The Morgan fingerprint density at radius 2 is 1.68 bits per heavy atom. The van der Waals surface area contributed by atoms with Gasteiger partial charge in [0.15, 0.2) is 0 Å². The molecule has 1 heterocycles. The molecule has 0 fully saturated rings. The van der Waals surface area contributed by atoms with Crippen molar-refractivity contribution in [1.82, 2.24) is 9.97 Å². The third kappa shape index (κ3) is 4.46. The summed E-state index contributed by atoms with van der Waals surface area (Å²) in [6.07, 6.45) is 0. The normalized spacial score (nSPS) is 10.5. The highest BCUT2D eigenvalue weighted by Gasteiger charge is 2.11. The molecule has 0 aliphatic rings. The average Bonchev–Trinajstić information content (AvgIpc) is 2.64.